The number of hydrogen-bond donors (Lipinski definition) is 2. The van der Waals surface area contributed by atoms with E-state index in [0.29, 0.717) is 42.3 Å². The van der Waals surface area contributed by atoms with E-state index in [1.165, 1.54) is 17.4 Å². The van der Waals surface area contributed by atoms with Crippen LogP contribution >= 0.6 is 11.8 Å². The van der Waals surface area contributed by atoms with Crippen LogP contribution in [-0.4, -0.2) is 86.0 Å². The number of fused-ring (bicyclic) bond motifs is 3. The SMILES string of the molecule is CN1CCN(c2ccc3cc(/C=C(\C#N)C(=O)NCCCn4c(Sc5cc6c(cc5N(C)C)OCO6)nc5c(N)nccc54)ccc3c2)CC1. The van der Waals surface area contributed by atoms with E-state index in [4.69, 9.17) is 20.2 Å². The summed E-state index contributed by atoms with van der Waals surface area (Å²) in [6.45, 7) is 5.22. The van der Waals surface area contributed by atoms with E-state index in [0.717, 1.165) is 63.8 Å². The van der Waals surface area contributed by atoms with Gasteiger partial charge in [0.15, 0.2) is 22.5 Å². The quantitative estimate of drug-likeness (QED) is 0.117. The van der Waals surface area contributed by atoms with Crippen molar-refractivity contribution in [3.8, 4) is 17.6 Å². The third-order valence-electron chi connectivity index (χ3n) is 9.03. The lowest BCUT2D eigenvalue weighted by atomic mass is 10.0. The Labute approximate surface area is 295 Å². The van der Waals surface area contributed by atoms with Crippen molar-refractivity contribution >= 4 is 62.7 Å². The van der Waals surface area contributed by atoms with Crippen LogP contribution in [0.2, 0.25) is 0 Å². The number of nitrogens with two attached hydrogens (primary N) is 1. The molecular formula is C37H39N9O3S. The number of pyridine rings is 1. The number of nitriles is 1. The lowest BCUT2D eigenvalue weighted by Crippen LogP contribution is -2.44. The number of nitrogens with zero attached hydrogens (tertiary/aromatic N) is 7. The van der Waals surface area contributed by atoms with E-state index >= 15 is 0 Å². The number of piperazine rings is 1. The maximum atomic E-state index is 13.1. The van der Waals surface area contributed by atoms with Crippen LogP contribution in [0.1, 0.15) is 12.0 Å². The number of aryl methyl sites for hydroxylation is 1. The van der Waals surface area contributed by atoms with Crippen molar-refractivity contribution in [1.82, 2.24) is 24.8 Å². The molecule has 0 spiro atoms. The van der Waals surface area contributed by atoms with E-state index in [-0.39, 0.29) is 12.4 Å². The number of likely N-dealkylation sites (N-methyl/N-ethyl adjacent to an activating group) is 1. The second-order valence-electron chi connectivity index (χ2n) is 12.6. The van der Waals surface area contributed by atoms with Crippen molar-refractivity contribution < 1.29 is 14.3 Å². The highest BCUT2D eigenvalue weighted by Gasteiger charge is 2.22. The van der Waals surface area contributed by atoms with Crippen molar-refractivity contribution in [3.05, 3.63) is 71.9 Å². The fourth-order valence-electron chi connectivity index (χ4n) is 6.24. The van der Waals surface area contributed by atoms with Gasteiger partial charge in [-0.05, 0) is 71.9 Å². The zero-order valence-electron chi connectivity index (χ0n) is 28.3. The molecule has 2 aliphatic heterocycles. The molecule has 1 saturated heterocycles. The predicted molar refractivity (Wildman–Crippen MR) is 198 cm³/mol. The number of imidazole rings is 1. The molecule has 0 bridgehead atoms. The average Bonchev–Trinajstić information content (AvgIpc) is 3.73. The minimum absolute atomic E-state index is 0.0561. The number of benzene rings is 3. The summed E-state index contributed by atoms with van der Waals surface area (Å²) in [5, 5.41) is 15.7. The number of nitrogen functional groups attached to an aromatic ring is 1. The lowest BCUT2D eigenvalue weighted by molar-refractivity contribution is -0.117. The molecule has 7 rings (SSSR count). The van der Waals surface area contributed by atoms with Gasteiger partial charge in [-0.3, -0.25) is 4.79 Å². The maximum Gasteiger partial charge on any atom is 0.261 e. The first-order valence-electron chi connectivity index (χ1n) is 16.5. The Bertz CT molecular complexity index is 2150. The fraction of sp³-hybridized carbons (Fsp3) is 0.297. The number of rotatable bonds is 10. The summed E-state index contributed by atoms with van der Waals surface area (Å²) in [5.74, 6) is 1.33. The monoisotopic (exact) mass is 689 g/mol. The number of ether oxygens (including phenoxy) is 2. The molecule has 256 valence electrons. The number of nitrogens with one attached hydrogen (secondary N) is 1. The van der Waals surface area contributed by atoms with E-state index in [2.05, 4.69) is 56.0 Å². The van der Waals surface area contributed by atoms with Gasteiger partial charge in [-0.15, -0.1) is 0 Å². The molecule has 2 aromatic heterocycles. The summed E-state index contributed by atoms with van der Waals surface area (Å²) in [6.07, 6.45) is 3.91. The van der Waals surface area contributed by atoms with Crippen LogP contribution in [-0.2, 0) is 11.3 Å². The Kier molecular flexibility index (Phi) is 9.38. The molecule has 50 heavy (non-hydrogen) atoms. The Morgan fingerprint density at radius 1 is 1.06 bits per heavy atom. The zero-order valence-corrected chi connectivity index (χ0v) is 29.2. The van der Waals surface area contributed by atoms with Crippen molar-refractivity contribution in [2.24, 2.45) is 0 Å². The zero-order chi connectivity index (χ0) is 34.8. The number of aromatic nitrogens is 3. The first-order valence-corrected chi connectivity index (χ1v) is 17.4. The van der Waals surface area contributed by atoms with Crippen LogP contribution in [0.25, 0.3) is 27.9 Å². The van der Waals surface area contributed by atoms with E-state index in [1.54, 1.807) is 12.3 Å². The van der Waals surface area contributed by atoms with Crippen molar-refractivity contribution in [2.45, 2.75) is 23.0 Å². The lowest BCUT2D eigenvalue weighted by Gasteiger charge is -2.34. The molecule has 1 amide bonds. The molecule has 0 unspecified atom stereocenters. The van der Waals surface area contributed by atoms with Gasteiger partial charge in [0.05, 0.1) is 11.2 Å². The van der Waals surface area contributed by atoms with Crippen LogP contribution in [0.3, 0.4) is 0 Å². The van der Waals surface area contributed by atoms with Gasteiger partial charge in [0.25, 0.3) is 5.91 Å². The second kappa shape index (κ2) is 14.2. The van der Waals surface area contributed by atoms with Gasteiger partial charge < -0.3 is 39.8 Å². The van der Waals surface area contributed by atoms with Crippen LogP contribution in [0.5, 0.6) is 11.5 Å². The Balaban J connectivity index is 1.03. The average molecular weight is 690 g/mol. The third kappa shape index (κ3) is 6.85. The molecule has 0 saturated carbocycles. The summed E-state index contributed by atoms with van der Waals surface area (Å²) in [6, 6.07) is 20.4. The summed E-state index contributed by atoms with van der Waals surface area (Å²) in [7, 11) is 6.11. The summed E-state index contributed by atoms with van der Waals surface area (Å²) in [5.41, 5.74) is 10.7. The topological polar surface area (TPSA) is 138 Å². The number of hydrogen-bond acceptors (Lipinski definition) is 11. The number of carbonyl (C=O) groups excluding carboxylic acids is 1. The highest BCUT2D eigenvalue weighted by atomic mass is 32.2. The van der Waals surface area contributed by atoms with Gasteiger partial charge in [0.2, 0.25) is 6.79 Å². The smallest absolute Gasteiger partial charge is 0.261 e. The molecule has 5 aromatic rings. The van der Waals surface area contributed by atoms with Gasteiger partial charge in [0, 0.05) is 82.3 Å². The largest absolute Gasteiger partial charge is 0.454 e. The fourth-order valence-corrected chi connectivity index (χ4v) is 7.38. The summed E-state index contributed by atoms with van der Waals surface area (Å²) < 4.78 is 13.3. The van der Waals surface area contributed by atoms with Crippen LogP contribution in [0, 0.1) is 11.3 Å². The molecule has 12 nitrogen and oxygen atoms in total. The molecule has 4 heterocycles. The number of carbonyl (C=O) groups is 1. The second-order valence-corrected chi connectivity index (χ2v) is 13.6. The molecule has 3 aromatic carbocycles. The maximum absolute atomic E-state index is 13.1. The van der Waals surface area contributed by atoms with Crippen molar-refractivity contribution in [3.63, 3.8) is 0 Å². The highest BCUT2D eigenvalue weighted by molar-refractivity contribution is 7.99. The molecule has 1 fully saturated rings. The minimum Gasteiger partial charge on any atom is -0.454 e. The number of anilines is 3. The van der Waals surface area contributed by atoms with Crippen LogP contribution in [0.15, 0.2) is 76.4 Å². The number of amides is 1. The standard InChI is InChI=1S/C37H39N9O3S/c1-43(2)30-20-31-32(49-23-48-31)21-33(30)50-37-42-34-29(9-11-40-35(34)39)46(37)12-4-10-41-36(47)27(22-38)18-24-5-6-26-19-28(8-7-25(26)17-24)45-15-13-44(3)14-16-45/h5-9,11,17-21H,4,10,12-16,23H2,1-3H3,(H2,39,40)(H,41,47)/b27-18+. The van der Waals surface area contributed by atoms with Gasteiger partial charge in [-0.2, -0.15) is 5.26 Å². The summed E-state index contributed by atoms with van der Waals surface area (Å²) in [4.78, 5) is 29.9. The summed E-state index contributed by atoms with van der Waals surface area (Å²) >= 11 is 1.50. The first-order chi connectivity index (χ1) is 24.3. The van der Waals surface area contributed by atoms with Crippen molar-refractivity contribution in [2.75, 3.05) is 76.2 Å². The normalized spacial score (nSPS) is 14.7. The molecule has 3 N–H and O–H groups in total. The molecule has 0 radical (unpaired) electrons. The predicted octanol–water partition coefficient (Wildman–Crippen LogP) is 4.98. The molecular weight excluding hydrogens is 651 g/mol. The van der Waals surface area contributed by atoms with Crippen LogP contribution < -0.4 is 30.3 Å². The molecule has 2 aliphatic rings. The van der Waals surface area contributed by atoms with Gasteiger partial charge >= 0.3 is 0 Å². The van der Waals surface area contributed by atoms with Gasteiger partial charge in [0.1, 0.15) is 17.2 Å². The Morgan fingerprint density at radius 3 is 2.60 bits per heavy atom. The molecule has 0 atom stereocenters. The van der Waals surface area contributed by atoms with Gasteiger partial charge in [-0.1, -0.05) is 18.2 Å². The first kappa shape index (κ1) is 33.1. The van der Waals surface area contributed by atoms with Crippen LogP contribution in [0.4, 0.5) is 17.2 Å². The Hall–Kier alpha value is -5.45. The Morgan fingerprint density at radius 2 is 1.82 bits per heavy atom. The molecule has 13 heteroatoms. The van der Waals surface area contributed by atoms with E-state index in [9.17, 15) is 10.1 Å². The molecule has 0 aliphatic carbocycles. The van der Waals surface area contributed by atoms with Gasteiger partial charge in [-0.25, -0.2) is 9.97 Å². The minimum atomic E-state index is -0.410. The van der Waals surface area contributed by atoms with E-state index in [1.807, 2.05) is 55.4 Å². The van der Waals surface area contributed by atoms with Crippen molar-refractivity contribution in [1.29, 1.82) is 5.26 Å². The van der Waals surface area contributed by atoms with E-state index < -0.39 is 5.91 Å². The highest BCUT2D eigenvalue weighted by Crippen LogP contribution is 2.44. The third-order valence-corrected chi connectivity index (χ3v) is 10.1.